The van der Waals surface area contributed by atoms with E-state index >= 15 is 4.39 Å². The molecule has 15 nitrogen and oxygen atoms in total. The third-order valence-electron chi connectivity index (χ3n) is 14.0. The van der Waals surface area contributed by atoms with Gasteiger partial charge < -0.3 is 20.3 Å². The predicted molar refractivity (Wildman–Crippen MR) is 230 cm³/mol. The summed E-state index contributed by atoms with van der Waals surface area (Å²) in [6.45, 7) is 12.8. The van der Waals surface area contributed by atoms with Gasteiger partial charge in [0.25, 0.3) is 17.7 Å². The summed E-state index contributed by atoms with van der Waals surface area (Å²) in [6, 6.07) is 13.3. The minimum atomic E-state index is -1.24. The van der Waals surface area contributed by atoms with Crippen LogP contribution in [0.2, 0.25) is 0 Å². The first-order valence-corrected chi connectivity index (χ1v) is 21.6. The number of halogens is 1. The number of piperidine rings is 2. The Hall–Kier alpha value is -6.47. The molecule has 3 saturated heterocycles. The fourth-order valence-corrected chi connectivity index (χ4v) is 11.2. The topological polar surface area (TPSA) is 186 Å². The van der Waals surface area contributed by atoms with Gasteiger partial charge in [0.2, 0.25) is 11.8 Å². The lowest BCUT2D eigenvalue weighted by molar-refractivity contribution is -0.215. The summed E-state index contributed by atoms with van der Waals surface area (Å²) in [5.41, 5.74) is 5.32. The zero-order valence-electron chi connectivity index (χ0n) is 35.8. The number of primary amides is 1. The highest BCUT2D eigenvalue weighted by molar-refractivity contribution is 6.24. The summed E-state index contributed by atoms with van der Waals surface area (Å²) >= 11 is 0. The molecule has 6 heterocycles. The predicted octanol–water partition coefficient (Wildman–Crippen LogP) is 4.77. The maximum atomic E-state index is 15.9. The van der Waals surface area contributed by atoms with Gasteiger partial charge in [-0.2, -0.15) is 5.26 Å². The molecule has 0 spiro atoms. The number of pyridine rings is 2. The lowest BCUT2D eigenvalue weighted by Gasteiger charge is -2.66. The number of hydrogen-bond donors (Lipinski definition) is 1. The molecule has 1 aliphatic carbocycles. The number of amides is 5. The number of piperazine rings is 1. The van der Waals surface area contributed by atoms with Gasteiger partial charge in [-0.3, -0.25) is 43.7 Å². The van der Waals surface area contributed by atoms with E-state index in [-0.39, 0.29) is 29.7 Å². The van der Waals surface area contributed by atoms with Crippen molar-refractivity contribution < 1.29 is 33.1 Å². The molecule has 63 heavy (non-hydrogen) atoms. The van der Waals surface area contributed by atoms with Crippen LogP contribution < -0.4 is 20.3 Å². The highest BCUT2D eigenvalue weighted by atomic mass is 19.1. The number of likely N-dealkylation sites (tertiary alicyclic amines) is 1. The average Bonchev–Trinajstić information content (AvgIpc) is 3.51. The highest BCUT2D eigenvalue weighted by Crippen LogP contribution is 2.59. The van der Waals surface area contributed by atoms with E-state index in [1.807, 2.05) is 44.7 Å². The largest absolute Gasteiger partial charge is 0.488 e. The van der Waals surface area contributed by atoms with Crippen molar-refractivity contribution in [2.45, 2.75) is 71.6 Å². The van der Waals surface area contributed by atoms with Crippen molar-refractivity contribution in [1.82, 2.24) is 24.7 Å². The lowest BCUT2D eigenvalue weighted by atomic mass is 9.48. The van der Waals surface area contributed by atoms with E-state index < -0.39 is 64.4 Å². The summed E-state index contributed by atoms with van der Waals surface area (Å²) in [7, 11) is 0. The van der Waals surface area contributed by atoms with Crippen LogP contribution in [0, 0.1) is 33.9 Å². The fourth-order valence-electron chi connectivity index (χ4n) is 11.2. The average molecular weight is 856 g/mol. The number of rotatable bonds is 9. The molecule has 1 unspecified atom stereocenters. The van der Waals surface area contributed by atoms with Crippen molar-refractivity contribution in [3.8, 4) is 11.8 Å². The first kappa shape index (κ1) is 41.9. The Kier molecular flexibility index (Phi) is 10.4. The molecule has 1 saturated carbocycles. The van der Waals surface area contributed by atoms with Crippen molar-refractivity contribution in [3.63, 3.8) is 0 Å². The Balaban J connectivity index is 0.848. The summed E-state index contributed by atoms with van der Waals surface area (Å²) in [4.78, 5) is 85.2. The molecule has 0 bridgehead atoms. The monoisotopic (exact) mass is 855 g/mol. The van der Waals surface area contributed by atoms with Gasteiger partial charge >= 0.3 is 0 Å². The number of hydrogen-bond acceptors (Lipinski definition) is 12. The smallest absolute Gasteiger partial charge is 0.262 e. The first-order chi connectivity index (χ1) is 30.1. The first-order valence-electron chi connectivity index (χ1n) is 21.6. The van der Waals surface area contributed by atoms with Crippen LogP contribution in [0.3, 0.4) is 0 Å². The molecule has 2 aromatic carbocycles. The van der Waals surface area contributed by atoms with Gasteiger partial charge in [-0.15, -0.1) is 0 Å². The van der Waals surface area contributed by atoms with Crippen LogP contribution in [-0.4, -0.2) is 118 Å². The van der Waals surface area contributed by atoms with E-state index in [0.717, 1.165) is 49.3 Å². The third kappa shape index (κ3) is 7.02. The Labute approximate surface area is 364 Å². The fraction of sp³-hybridized carbons (Fsp3) is 0.447. The van der Waals surface area contributed by atoms with Gasteiger partial charge in [0.15, 0.2) is 0 Å². The minimum absolute atomic E-state index is 0.0331. The Bertz CT molecular complexity index is 2580. The van der Waals surface area contributed by atoms with E-state index in [4.69, 9.17) is 10.5 Å². The number of fused-ring (bicyclic) bond motifs is 2. The van der Waals surface area contributed by atoms with Gasteiger partial charge in [-0.25, -0.2) is 9.37 Å². The number of carbonyl (C=O) groups is 5. The molecule has 1 atom stereocenters. The zero-order valence-corrected chi connectivity index (χ0v) is 35.8. The van der Waals surface area contributed by atoms with E-state index in [1.165, 1.54) is 17.2 Å². The van der Waals surface area contributed by atoms with E-state index in [2.05, 4.69) is 25.8 Å². The number of nitrogens with two attached hydrogens (primary N) is 1. The van der Waals surface area contributed by atoms with E-state index in [0.29, 0.717) is 59.9 Å². The van der Waals surface area contributed by atoms with Crippen molar-refractivity contribution in [2.75, 3.05) is 55.6 Å². The number of benzene rings is 2. The molecule has 2 N–H and O–H groups in total. The SMILES string of the molecule is CC1(C)C(Oc2ccc(C#N)c3ncccc23)C(C)(C)C1N1C(=O)CCC(N2C(=O)c3cc(F)c(N4CCN(CC5CCN(c6ccc(C(N)=O)cn6)CC5)CC4)cc3C2=O)C1=O. The number of nitriles is 1. The molecule has 4 aliphatic heterocycles. The van der Waals surface area contributed by atoms with Crippen LogP contribution >= 0.6 is 0 Å². The number of aromatic nitrogens is 2. The third-order valence-corrected chi connectivity index (χ3v) is 14.0. The second kappa shape index (κ2) is 15.7. The van der Waals surface area contributed by atoms with Gasteiger partial charge in [0.1, 0.15) is 35.6 Å². The molecule has 5 aliphatic rings. The molecule has 4 fully saturated rings. The second-order valence-electron chi connectivity index (χ2n) is 18.6. The normalized spacial score (nSPS) is 23.8. The van der Waals surface area contributed by atoms with Crippen LogP contribution in [0.15, 0.2) is 60.9 Å². The van der Waals surface area contributed by atoms with Crippen LogP contribution in [-0.2, 0) is 9.59 Å². The Morgan fingerprint density at radius 1 is 0.873 bits per heavy atom. The van der Waals surface area contributed by atoms with Crippen molar-refractivity contribution in [2.24, 2.45) is 22.5 Å². The molecule has 0 radical (unpaired) electrons. The van der Waals surface area contributed by atoms with Crippen LogP contribution in [0.25, 0.3) is 10.9 Å². The number of carbonyl (C=O) groups excluding carboxylic acids is 5. The number of nitrogens with zero attached hydrogens (tertiary/aromatic N) is 8. The van der Waals surface area contributed by atoms with Crippen molar-refractivity contribution in [1.29, 1.82) is 5.26 Å². The Morgan fingerprint density at radius 2 is 1.57 bits per heavy atom. The highest BCUT2D eigenvalue weighted by Gasteiger charge is 2.68. The number of anilines is 2. The molecule has 9 rings (SSSR count). The van der Waals surface area contributed by atoms with Crippen molar-refractivity contribution in [3.05, 3.63) is 89.0 Å². The maximum absolute atomic E-state index is 15.9. The van der Waals surface area contributed by atoms with Gasteiger partial charge in [-0.05, 0) is 73.7 Å². The number of imide groups is 2. The Morgan fingerprint density at radius 3 is 2.22 bits per heavy atom. The minimum Gasteiger partial charge on any atom is -0.488 e. The lowest BCUT2D eigenvalue weighted by Crippen LogP contribution is -2.77. The standard InChI is InChI=1S/C47H50FN9O6/c1-46(2)44(47(3,4)45(46)63-36-10-7-28(24-49)39-30(36)6-5-15-51-39)57-38(58)12-9-34(43(57)62)56-41(60)31-22-33(48)35(23-32(31)42(56)61)54-20-18-53(19-21-54)26-27-13-16-55(17-14-27)37-11-8-29(25-52-37)40(50)59/h5-8,10-11,15,22-23,25,27,34,44-45H,9,12-14,16-21,26H2,1-4H3,(H2,50,59). The van der Waals surface area contributed by atoms with Gasteiger partial charge in [0, 0.05) is 80.8 Å². The van der Waals surface area contributed by atoms with Crippen LogP contribution in [0.4, 0.5) is 15.9 Å². The molecule has 4 aromatic rings. The molecule has 2 aromatic heterocycles. The summed E-state index contributed by atoms with van der Waals surface area (Å²) < 4.78 is 22.6. The van der Waals surface area contributed by atoms with E-state index in [1.54, 1.807) is 30.5 Å². The van der Waals surface area contributed by atoms with Crippen LogP contribution in [0.5, 0.6) is 5.75 Å². The molecule has 326 valence electrons. The van der Waals surface area contributed by atoms with Gasteiger partial charge in [0.05, 0.1) is 39.5 Å². The zero-order chi connectivity index (χ0) is 44.5. The van der Waals surface area contributed by atoms with Crippen molar-refractivity contribution >= 4 is 51.9 Å². The quantitative estimate of drug-likeness (QED) is 0.228. The van der Waals surface area contributed by atoms with Gasteiger partial charge in [-0.1, -0.05) is 27.7 Å². The molecule has 5 amide bonds. The summed E-state index contributed by atoms with van der Waals surface area (Å²) in [5.74, 6) is -1.75. The summed E-state index contributed by atoms with van der Waals surface area (Å²) in [6.07, 6.45) is 4.52. The summed E-state index contributed by atoms with van der Waals surface area (Å²) in [5, 5.41) is 10.3. The molecule has 16 heteroatoms. The van der Waals surface area contributed by atoms with Crippen LogP contribution in [0.1, 0.15) is 90.0 Å². The molecular formula is C47H50FN9O6. The van der Waals surface area contributed by atoms with E-state index in [9.17, 15) is 29.2 Å². The maximum Gasteiger partial charge on any atom is 0.262 e. The molecular weight excluding hydrogens is 806 g/mol. The number of ether oxygens (including phenoxy) is 1. The second-order valence-corrected chi connectivity index (χ2v) is 18.6.